The Bertz CT molecular complexity index is 47.7. The lowest BCUT2D eigenvalue weighted by Crippen LogP contribution is -2.22. The van der Waals surface area contributed by atoms with E-state index in [2.05, 4.69) is 0 Å². The molecule has 0 heterocycles. The van der Waals surface area contributed by atoms with Crippen LogP contribution in [0.15, 0.2) is 0 Å². The van der Waals surface area contributed by atoms with Gasteiger partial charge in [-0.15, -0.1) is 23.2 Å². The average molecular weight is 142 g/mol. The van der Waals surface area contributed by atoms with E-state index in [9.17, 15) is 5.11 Å². The Morgan fingerprint density at radius 1 is 1.71 bits per heavy atom. The van der Waals surface area contributed by atoms with Gasteiger partial charge in [0.2, 0.25) is 0 Å². The molecular weight excluding hydrogens is 135 g/mol. The highest BCUT2D eigenvalue weighted by atomic mass is 35.5. The van der Waals surface area contributed by atoms with Crippen LogP contribution < -0.4 is 0 Å². The number of rotatable bonds is 2. The summed E-state index contributed by atoms with van der Waals surface area (Å²) in [5.41, 5.74) is 0. The van der Waals surface area contributed by atoms with Crippen LogP contribution in [-0.2, 0) is 5.11 Å². The monoisotopic (exact) mass is 141 g/mol. The van der Waals surface area contributed by atoms with Crippen molar-refractivity contribution < 1.29 is 5.11 Å². The molecule has 0 saturated heterocycles. The minimum absolute atomic E-state index is 0.220. The fraction of sp³-hybridized carbons (Fsp3) is 1.00. The van der Waals surface area contributed by atoms with E-state index in [-0.39, 0.29) is 12.5 Å². The second-order valence-electron chi connectivity index (χ2n) is 1.69. The molecule has 1 atom stereocenters. The van der Waals surface area contributed by atoms with E-state index < -0.39 is 4.87 Å². The van der Waals surface area contributed by atoms with Crippen LogP contribution in [0.1, 0.15) is 6.92 Å². The topological polar surface area (TPSA) is 19.9 Å². The first-order chi connectivity index (χ1) is 3.12. The molecule has 0 spiro atoms. The smallest absolute Gasteiger partial charge is 0.102 e. The second kappa shape index (κ2) is 2.75. The van der Waals surface area contributed by atoms with Crippen LogP contribution in [0, 0.1) is 0 Å². The van der Waals surface area contributed by atoms with Crippen molar-refractivity contribution >= 4 is 23.2 Å². The summed E-state index contributed by atoms with van der Waals surface area (Å²) in [7, 11) is 0. The third kappa shape index (κ3) is 3.15. The van der Waals surface area contributed by atoms with Crippen molar-refractivity contribution in [2.45, 2.75) is 11.8 Å². The lowest BCUT2D eigenvalue weighted by molar-refractivity contribution is 0.170. The van der Waals surface area contributed by atoms with Gasteiger partial charge in [0.1, 0.15) is 6.61 Å². The Balaban J connectivity index is 3.36. The first kappa shape index (κ1) is 7.54. The van der Waals surface area contributed by atoms with Crippen LogP contribution in [0.4, 0.5) is 0 Å². The highest BCUT2D eigenvalue weighted by Gasteiger charge is 2.17. The second-order valence-corrected chi connectivity index (χ2v) is 2.87. The maximum absolute atomic E-state index is 9.97. The van der Waals surface area contributed by atoms with Crippen LogP contribution in [0.3, 0.4) is 0 Å². The van der Waals surface area contributed by atoms with Gasteiger partial charge >= 0.3 is 0 Å². The molecule has 43 valence electrons. The van der Waals surface area contributed by atoms with Crippen LogP contribution in [-0.4, -0.2) is 17.4 Å². The number of hydrogen-bond acceptors (Lipinski definition) is 0. The summed E-state index contributed by atoms with van der Waals surface area (Å²) in [6.45, 7) is 1.30. The summed E-state index contributed by atoms with van der Waals surface area (Å²) >= 11 is 10.7. The van der Waals surface area contributed by atoms with Gasteiger partial charge in [-0.25, -0.2) is 5.11 Å². The van der Waals surface area contributed by atoms with Gasteiger partial charge in [-0.3, -0.25) is 0 Å². The fourth-order valence-electron chi connectivity index (χ4n) is 0.0386. The Kier molecular flexibility index (Phi) is 2.96. The quantitative estimate of drug-likeness (QED) is 0.522. The largest absolute Gasteiger partial charge is 0.235 e. The van der Waals surface area contributed by atoms with Gasteiger partial charge in [-0.2, -0.15) is 0 Å². The van der Waals surface area contributed by atoms with E-state index in [1.165, 1.54) is 0 Å². The minimum Gasteiger partial charge on any atom is -0.235 e. The summed E-state index contributed by atoms with van der Waals surface area (Å²) in [6.07, 6.45) is 0. The van der Waals surface area contributed by atoms with Crippen molar-refractivity contribution in [3.8, 4) is 0 Å². The molecule has 1 nitrogen and oxygen atoms in total. The van der Waals surface area contributed by atoms with Gasteiger partial charge < -0.3 is 0 Å². The molecule has 0 aromatic rings. The van der Waals surface area contributed by atoms with Crippen molar-refractivity contribution in [1.29, 1.82) is 0 Å². The number of hydrogen-bond donors (Lipinski definition) is 0. The van der Waals surface area contributed by atoms with Crippen LogP contribution in [0.5, 0.6) is 0 Å². The number of alkyl halides is 2. The predicted molar refractivity (Wildman–Crippen MR) is 30.5 cm³/mol. The number of halogens is 2. The molecule has 1 radical (unpaired) electrons. The Morgan fingerprint density at radius 2 is 2.14 bits per heavy atom. The minimum atomic E-state index is -0.735. The summed E-state index contributed by atoms with van der Waals surface area (Å²) in [5.74, 6) is 0.220. The zero-order valence-electron chi connectivity index (χ0n) is 4.08. The van der Waals surface area contributed by atoms with Gasteiger partial charge in [0.25, 0.3) is 0 Å². The molecule has 7 heavy (non-hydrogen) atoms. The van der Waals surface area contributed by atoms with Gasteiger partial charge in [-0.1, -0.05) is 0 Å². The van der Waals surface area contributed by atoms with Crippen molar-refractivity contribution in [2.24, 2.45) is 0 Å². The molecule has 0 saturated carbocycles. The Labute approximate surface area is 53.2 Å². The van der Waals surface area contributed by atoms with Crippen LogP contribution >= 0.6 is 23.2 Å². The van der Waals surface area contributed by atoms with Crippen LogP contribution in [0.25, 0.3) is 0 Å². The van der Waals surface area contributed by atoms with Crippen LogP contribution in [0.2, 0.25) is 0 Å². The fourth-order valence-corrected chi connectivity index (χ4v) is 0.116. The molecular formula is C4H7Cl2O. The summed E-state index contributed by atoms with van der Waals surface area (Å²) in [4.78, 5) is -0.735. The van der Waals surface area contributed by atoms with Crippen molar-refractivity contribution in [1.82, 2.24) is 0 Å². The molecule has 0 bridgehead atoms. The van der Waals surface area contributed by atoms with E-state index in [1.54, 1.807) is 6.92 Å². The highest BCUT2D eigenvalue weighted by Crippen LogP contribution is 2.13. The highest BCUT2D eigenvalue weighted by molar-refractivity contribution is 6.30. The summed E-state index contributed by atoms with van der Waals surface area (Å²) < 4.78 is 0. The first-order valence-corrected chi connectivity index (χ1v) is 2.86. The molecule has 0 N–H and O–H groups in total. The van der Waals surface area contributed by atoms with E-state index in [0.29, 0.717) is 0 Å². The first-order valence-electron chi connectivity index (χ1n) is 1.95. The molecule has 1 unspecified atom stereocenters. The summed E-state index contributed by atoms with van der Waals surface area (Å²) in [6, 6.07) is 0. The molecule has 0 fully saturated rings. The predicted octanol–water partition coefficient (Wildman–Crippen LogP) is 1.65. The van der Waals surface area contributed by atoms with E-state index in [4.69, 9.17) is 23.2 Å². The van der Waals surface area contributed by atoms with E-state index in [0.717, 1.165) is 0 Å². The molecule has 0 aromatic carbocycles. The maximum atomic E-state index is 9.97. The van der Waals surface area contributed by atoms with Gasteiger partial charge in [0, 0.05) is 5.88 Å². The molecule has 0 aliphatic rings. The van der Waals surface area contributed by atoms with Crippen molar-refractivity contribution in [3.05, 3.63) is 0 Å². The third-order valence-electron chi connectivity index (χ3n) is 0.580. The molecule has 0 aliphatic carbocycles. The van der Waals surface area contributed by atoms with Gasteiger partial charge in [0.05, 0.1) is 4.87 Å². The van der Waals surface area contributed by atoms with Gasteiger partial charge in [0.15, 0.2) is 0 Å². The van der Waals surface area contributed by atoms with Gasteiger partial charge in [-0.05, 0) is 6.92 Å². The lowest BCUT2D eigenvalue weighted by Gasteiger charge is -2.11. The van der Waals surface area contributed by atoms with Crippen molar-refractivity contribution in [3.63, 3.8) is 0 Å². The zero-order chi connectivity index (χ0) is 5.91. The molecule has 3 heteroatoms. The molecule has 0 rings (SSSR count). The standard InChI is InChI=1S/C4H7Cl2O/c1-4(6,2-5)3-7/h2-3H2,1H3. The SMILES string of the molecule is CC(Cl)(C[O])CCl. The Morgan fingerprint density at radius 3 is 2.14 bits per heavy atom. The maximum Gasteiger partial charge on any atom is 0.102 e. The zero-order valence-corrected chi connectivity index (χ0v) is 5.59. The summed E-state index contributed by atoms with van der Waals surface area (Å²) in [5, 5.41) is 9.97. The molecule has 0 amide bonds. The van der Waals surface area contributed by atoms with E-state index >= 15 is 0 Å². The van der Waals surface area contributed by atoms with Crippen molar-refractivity contribution in [2.75, 3.05) is 12.5 Å². The Hall–Kier alpha value is 0.540. The molecule has 0 aromatic heterocycles. The molecule has 0 aliphatic heterocycles. The lowest BCUT2D eigenvalue weighted by atomic mass is 10.2. The normalized spacial score (nSPS) is 18.9. The third-order valence-corrected chi connectivity index (χ3v) is 1.55. The van der Waals surface area contributed by atoms with E-state index in [1.807, 2.05) is 0 Å². The average Bonchev–Trinajstić information content (AvgIpc) is 1.68.